The zero-order valence-corrected chi connectivity index (χ0v) is 12.4. The van der Waals surface area contributed by atoms with Gasteiger partial charge in [0.1, 0.15) is 11.4 Å². The second-order valence-corrected chi connectivity index (χ2v) is 5.06. The molecule has 0 amide bonds. The van der Waals surface area contributed by atoms with Crippen molar-refractivity contribution in [2.24, 2.45) is 9.98 Å². The van der Waals surface area contributed by atoms with Gasteiger partial charge in [-0.3, -0.25) is 0 Å². The summed E-state index contributed by atoms with van der Waals surface area (Å²) in [5.41, 5.74) is -0.0628. The van der Waals surface area contributed by atoms with Gasteiger partial charge in [-0.05, 0) is 6.07 Å². The van der Waals surface area contributed by atoms with E-state index in [-0.39, 0.29) is 31.5 Å². The summed E-state index contributed by atoms with van der Waals surface area (Å²) in [6.45, 7) is 0. The lowest BCUT2D eigenvalue weighted by Crippen LogP contribution is -1.83. The summed E-state index contributed by atoms with van der Waals surface area (Å²) in [5.74, 6) is 0. The van der Waals surface area contributed by atoms with Crippen LogP contribution in [0.5, 0.6) is 0 Å². The first-order chi connectivity index (χ1) is 9.52. The zero-order chi connectivity index (χ0) is 14.9. The molecule has 0 spiro atoms. The molecule has 0 heterocycles. The second-order valence-electron chi connectivity index (χ2n) is 3.52. The number of rotatable bonds is 2. The lowest BCUT2D eigenvalue weighted by molar-refractivity contribution is 0.564. The highest BCUT2D eigenvalue weighted by Gasteiger charge is 2.20. The summed E-state index contributed by atoms with van der Waals surface area (Å²) in [6, 6.07) is 3.03. The average molecular weight is 348 g/mol. The van der Waals surface area contributed by atoms with Crippen LogP contribution in [0, 0.1) is 0 Å². The molecule has 0 atom stereocenters. The van der Waals surface area contributed by atoms with E-state index in [2.05, 4.69) is 9.98 Å². The first-order valence-corrected chi connectivity index (χ1v) is 6.48. The Balaban J connectivity index is 3.15. The van der Waals surface area contributed by atoms with E-state index in [4.69, 9.17) is 46.4 Å². The smallest absolute Gasteiger partial charge is 0.211 e. The second kappa shape index (κ2) is 5.94. The molecule has 0 bridgehead atoms. The van der Waals surface area contributed by atoms with Gasteiger partial charge in [0, 0.05) is 10.8 Å². The molecule has 100 valence electrons. The van der Waals surface area contributed by atoms with Gasteiger partial charge in [0.05, 0.1) is 20.1 Å². The molecule has 0 aromatic heterocycles. The molecular formula is C12H2Cl4N2O2. The van der Waals surface area contributed by atoms with E-state index in [0.717, 1.165) is 0 Å². The molecule has 0 radical (unpaired) electrons. The van der Waals surface area contributed by atoms with Crippen molar-refractivity contribution >= 4 is 80.7 Å². The maximum atomic E-state index is 10.6. The van der Waals surface area contributed by atoms with Crippen LogP contribution in [0.25, 0.3) is 10.8 Å². The van der Waals surface area contributed by atoms with Crippen molar-refractivity contribution < 1.29 is 9.59 Å². The fourth-order valence-corrected chi connectivity index (χ4v) is 2.69. The number of hydrogen-bond acceptors (Lipinski definition) is 4. The topological polar surface area (TPSA) is 58.9 Å². The van der Waals surface area contributed by atoms with Crippen LogP contribution in [0.15, 0.2) is 22.1 Å². The molecule has 20 heavy (non-hydrogen) atoms. The van der Waals surface area contributed by atoms with E-state index in [9.17, 15) is 9.59 Å². The molecule has 2 aromatic rings. The molecule has 0 unspecified atom stereocenters. The summed E-state index contributed by atoms with van der Waals surface area (Å²) >= 11 is 24.1. The van der Waals surface area contributed by atoms with Crippen molar-refractivity contribution in [2.45, 2.75) is 0 Å². The normalized spacial score (nSPS) is 10.0. The first-order valence-electron chi connectivity index (χ1n) is 4.97. The predicted octanol–water partition coefficient (Wildman–Crippen LogP) is 5.39. The van der Waals surface area contributed by atoms with Gasteiger partial charge in [-0.1, -0.05) is 52.5 Å². The van der Waals surface area contributed by atoms with Crippen LogP contribution >= 0.6 is 46.4 Å². The first kappa shape index (κ1) is 15.0. The highest BCUT2D eigenvalue weighted by molar-refractivity contribution is 6.52. The Bertz CT molecular complexity index is 822. The van der Waals surface area contributed by atoms with Gasteiger partial charge in [-0.2, -0.15) is 9.98 Å². The molecule has 0 saturated heterocycles. The average Bonchev–Trinajstić information content (AvgIpc) is 2.43. The Kier molecular flexibility index (Phi) is 4.46. The van der Waals surface area contributed by atoms with Crippen molar-refractivity contribution in [1.82, 2.24) is 0 Å². The van der Waals surface area contributed by atoms with Crippen LogP contribution in [0.3, 0.4) is 0 Å². The van der Waals surface area contributed by atoms with Crippen molar-refractivity contribution in [3.63, 3.8) is 0 Å². The highest BCUT2D eigenvalue weighted by atomic mass is 35.5. The zero-order valence-electron chi connectivity index (χ0n) is 9.38. The van der Waals surface area contributed by atoms with Crippen LogP contribution in [-0.4, -0.2) is 12.2 Å². The molecule has 0 fully saturated rings. The lowest BCUT2D eigenvalue weighted by Gasteiger charge is -2.11. The number of fused-ring (bicyclic) bond motifs is 1. The number of benzene rings is 2. The van der Waals surface area contributed by atoms with E-state index in [1.165, 1.54) is 24.3 Å². The minimum Gasteiger partial charge on any atom is -0.211 e. The number of aliphatic imine (C=N–C) groups is 2. The third-order valence-corrected chi connectivity index (χ3v) is 4.16. The third kappa shape index (κ3) is 2.34. The van der Waals surface area contributed by atoms with Crippen LogP contribution in [0.4, 0.5) is 11.4 Å². The van der Waals surface area contributed by atoms with Gasteiger partial charge in [0.15, 0.2) is 0 Å². The molecule has 0 aliphatic rings. The minimum atomic E-state index is -0.0827. The van der Waals surface area contributed by atoms with Crippen LogP contribution in [-0.2, 0) is 9.59 Å². The Labute approximate surface area is 132 Å². The molecular weight excluding hydrogens is 346 g/mol. The Morgan fingerprint density at radius 3 is 2.00 bits per heavy atom. The summed E-state index contributed by atoms with van der Waals surface area (Å²) in [4.78, 5) is 27.9. The maximum absolute atomic E-state index is 10.6. The van der Waals surface area contributed by atoms with Gasteiger partial charge < -0.3 is 0 Å². The minimum absolute atomic E-state index is 0.0197. The summed E-state index contributed by atoms with van der Waals surface area (Å²) in [6.07, 6.45) is 2.69. The molecule has 0 aliphatic carbocycles. The summed E-state index contributed by atoms with van der Waals surface area (Å²) in [7, 11) is 0. The predicted molar refractivity (Wildman–Crippen MR) is 79.6 cm³/mol. The number of nitrogens with zero attached hydrogens (tertiary/aromatic N) is 2. The van der Waals surface area contributed by atoms with E-state index < -0.39 is 0 Å². The molecule has 0 saturated carbocycles. The summed E-state index contributed by atoms with van der Waals surface area (Å²) in [5, 5.41) is 1.05. The van der Waals surface area contributed by atoms with Gasteiger partial charge in [0.2, 0.25) is 12.2 Å². The summed E-state index contributed by atoms with van der Waals surface area (Å²) < 4.78 is 0. The number of isocyanates is 2. The monoisotopic (exact) mass is 346 g/mol. The Hall–Kier alpha value is -1.38. The van der Waals surface area contributed by atoms with E-state index in [0.29, 0.717) is 10.8 Å². The van der Waals surface area contributed by atoms with Crippen LogP contribution in [0.1, 0.15) is 0 Å². The lowest BCUT2D eigenvalue weighted by atomic mass is 10.1. The fourth-order valence-electron chi connectivity index (χ4n) is 1.71. The Morgan fingerprint density at radius 1 is 0.800 bits per heavy atom. The SMILES string of the molecule is O=C=Nc1c(Cl)c(Cl)c2c(Cl)c(Cl)ccc2c1N=C=O. The number of halogens is 4. The number of hydrogen-bond donors (Lipinski definition) is 0. The fraction of sp³-hybridized carbons (Fsp3) is 0. The van der Waals surface area contributed by atoms with Crippen molar-refractivity contribution in [3.05, 3.63) is 32.2 Å². The van der Waals surface area contributed by atoms with Gasteiger partial charge >= 0.3 is 0 Å². The quantitative estimate of drug-likeness (QED) is 0.540. The van der Waals surface area contributed by atoms with E-state index >= 15 is 0 Å². The van der Waals surface area contributed by atoms with Crippen molar-refractivity contribution in [2.75, 3.05) is 0 Å². The van der Waals surface area contributed by atoms with Gasteiger partial charge in [-0.25, -0.2) is 9.59 Å². The highest BCUT2D eigenvalue weighted by Crippen LogP contribution is 2.49. The van der Waals surface area contributed by atoms with Crippen LogP contribution in [0.2, 0.25) is 20.1 Å². The van der Waals surface area contributed by atoms with Gasteiger partial charge in [-0.15, -0.1) is 0 Å². The Morgan fingerprint density at radius 2 is 1.40 bits per heavy atom. The largest absolute Gasteiger partial charge is 0.240 e. The third-order valence-electron chi connectivity index (χ3n) is 2.51. The molecule has 2 aromatic carbocycles. The maximum Gasteiger partial charge on any atom is 0.240 e. The van der Waals surface area contributed by atoms with E-state index in [1.54, 1.807) is 0 Å². The standard InChI is InChI=1S/C12H2Cl4N2O2/c13-6-2-1-5-7(8(6)14)9(15)10(16)12(18-4-20)11(5)17-3-19/h1-2H. The molecule has 0 aliphatic heterocycles. The molecule has 2 rings (SSSR count). The molecule has 8 heteroatoms. The molecule has 4 nitrogen and oxygen atoms in total. The van der Waals surface area contributed by atoms with Gasteiger partial charge in [0.25, 0.3) is 0 Å². The van der Waals surface area contributed by atoms with Crippen molar-refractivity contribution in [1.29, 1.82) is 0 Å². The van der Waals surface area contributed by atoms with Crippen LogP contribution < -0.4 is 0 Å². The van der Waals surface area contributed by atoms with E-state index in [1.807, 2.05) is 0 Å². The molecule has 0 N–H and O–H groups in total. The number of carbonyl (C=O) groups excluding carboxylic acids is 2. The van der Waals surface area contributed by atoms with Crippen molar-refractivity contribution in [3.8, 4) is 0 Å².